The molecule has 1 atom stereocenters. The molecule has 5 rings (SSSR count). The third-order valence-corrected chi connectivity index (χ3v) is 6.75. The molecule has 1 aliphatic rings. The summed E-state index contributed by atoms with van der Waals surface area (Å²) in [5.41, 5.74) is -1.85. The average Bonchev–Trinajstić information content (AvgIpc) is 3.51. The molecule has 10 nitrogen and oxygen atoms in total. The molecule has 0 radical (unpaired) electrons. The topological polar surface area (TPSA) is 138 Å². The number of aryl methyl sites for hydroxylation is 1. The Morgan fingerprint density at radius 3 is 2.49 bits per heavy atom. The Morgan fingerprint density at radius 2 is 1.85 bits per heavy atom. The molecule has 4 aromatic rings. The molecule has 3 aromatic carbocycles. The molecule has 0 bridgehead atoms. The van der Waals surface area contributed by atoms with Crippen LogP contribution in [0.2, 0.25) is 0 Å². The lowest BCUT2D eigenvalue weighted by atomic mass is 10.1. The van der Waals surface area contributed by atoms with Gasteiger partial charge in [0.1, 0.15) is 34.5 Å². The van der Waals surface area contributed by atoms with Crippen molar-refractivity contribution in [1.29, 1.82) is 0 Å². The van der Waals surface area contributed by atoms with Gasteiger partial charge in [-0.15, -0.1) is 0 Å². The van der Waals surface area contributed by atoms with Crippen molar-refractivity contribution in [1.82, 2.24) is 0 Å². The summed E-state index contributed by atoms with van der Waals surface area (Å²) in [5, 5.41) is 15.4. The lowest BCUT2D eigenvalue weighted by Crippen LogP contribution is -2.37. The largest absolute Gasteiger partial charge is 0.497 e. The number of hydrogen-bond donors (Lipinski definition) is 3. The molecule has 1 aliphatic heterocycles. The van der Waals surface area contributed by atoms with Gasteiger partial charge < -0.3 is 29.8 Å². The summed E-state index contributed by atoms with van der Waals surface area (Å²) in [6.45, 7) is 3.61. The van der Waals surface area contributed by atoms with Crippen LogP contribution in [0.15, 0.2) is 56.5 Å². The Labute approximate surface area is 221 Å². The second kappa shape index (κ2) is 9.75. The van der Waals surface area contributed by atoms with Crippen LogP contribution >= 0.6 is 0 Å². The number of carbonyl (C=O) groups is 2. The van der Waals surface area contributed by atoms with Crippen LogP contribution in [0.3, 0.4) is 0 Å². The first kappa shape index (κ1) is 25.7. The highest BCUT2D eigenvalue weighted by molar-refractivity contribution is 6.16. The van der Waals surface area contributed by atoms with Gasteiger partial charge in [0.15, 0.2) is 0 Å². The number of nitrogens with zero attached hydrogens (tertiary/aromatic N) is 1. The van der Waals surface area contributed by atoms with Gasteiger partial charge in [-0.3, -0.25) is 14.4 Å². The smallest absolute Gasteiger partial charge is 0.337 e. The number of halogens is 1. The van der Waals surface area contributed by atoms with E-state index in [4.69, 9.17) is 9.15 Å². The van der Waals surface area contributed by atoms with Crippen LogP contribution in [0.25, 0.3) is 0 Å². The lowest BCUT2D eigenvalue weighted by molar-refractivity contribution is 0.0697. The quantitative estimate of drug-likeness (QED) is 0.266. The number of ether oxygens (including phenoxy) is 1. The maximum Gasteiger partial charge on any atom is 0.337 e. The molecule has 2 heterocycles. The van der Waals surface area contributed by atoms with Crippen molar-refractivity contribution < 1.29 is 28.2 Å². The van der Waals surface area contributed by atoms with Crippen molar-refractivity contribution >= 4 is 34.6 Å². The number of benzene rings is 2. The predicted octanol–water partition coefficient (Wildman–Crippen LogP) is 4.50. The van der Waals surface area contributed by atoms with Crippen LogP contribution in [-0.2, 0) is 6.54 Å². The van der Waals surface area contributed by atoms with Crippen LogP contribution in [0.1, 0.15) is 57.2 Å². The molecule has 0 fully saturated rings. The maximum absolute atomic E-state index is 15.1. The van der Waals surface area contributed by atoms with Crippen molar-refractivity contribution in [2.24, 2.45) is 0 Å². The van der Waals surface area contributed by atoms with Gasteiger partial charge in [-0.2, -0.15) is 0 Å². The average molecular weight is 534 g/mol. The highest BCUT2D eigenvalue weighted by Crippen LogP contribution is 2.39. The van der Waals surface area contributed by atoms with Gasteiger partial charge in [-0.1, -0.05) is 13.0 Å². The lowest BCUT2D eigenvalue weighted by Gasteiger charge is -2.21. The first-order valence-corrected chi connectivity index (χ1v) is 12.1. The minimum atomic E-state index is -1.25. The molecule has 1 unspecified atom stereocenters. The number of amides is 1. The molecule has 0 saturated carbocycles. The van der Waals surface area contributed by atoms with Crippen molar-refractivity contribution in [2.45, 2.75) is 32.9 Å². The number of methoxy groups -OCH3 is 1. The number of anilines is 4. The standard InChI is InChI=1S/C28H24FN3O7/c1-4-18(20-10-5-13(2)39-20)30-23-24(26(34)25(23)33)31-22-17(29)9-6-14-12-32(27(35)21(14)22)19-11-15(38-3)7-8-16(19)28(36)37/h5-11,18,30-31H,4,12H2,1-3H3,(H,36,37). The zero-order valence-electron chi connectivity index (χ0n) is 21.3. The fraction of sp³-hybridized carbons (Fsp3) is 0.214. The summed E-state index contributed by atoms with van der Waals surface area (Å²) in [6.07, 6.45) is 0.528. The zero-order valence-corrected chi connectivity index (χ0v) is 21.3. The molecule has 1 aromatic heterocycles. The summed E-state index contributed by atoms with van der Waals surface area (Å²) < 4.78 is 26.0. The maximum atomic E-state index is 15.1. The molecule has 11 heteroatoms. The first-order valence-electron chi connectivity index (χ1n) is 12.1. The Hall–Kier alpha value is -4.93. The van der Waals surface area contributed by atoms with Crippen molar-refractivity contribution in [3.05, 3.63) is 96.9 Å². The number of fused-ring (bicyclic) bond motifs is 1. The number of carbonyl (C=O) groups excluding carboxylic acids is 1. The van der Waals surface area contributed by atoms with Crippen LogP contribution in [0.5, 0.6) is 5.75 Å². The number of carboxylic acids is 1. The van der Waals surface area contributed by atoms with Crippen molar-refractivity contribution in [3.63, 3.8) is 0 Å². The number of carboxylic acid groups (broad SMARTS) is 1. The minimum Gasteiger partial charge on any atom is -0.497 e. The molecular formula is C28H24FN3O7. The third kappa shape index (κ3) is 4.31. The molecule has 0 spiro atoms. The summed E-state index contributed by atoms with van der Waals surface area (Å²) >= 11 is 0. The van der Waals surface area contributed by atoms with Gasteiger partial charge in [0.25, 0.3) is 16.8 Å². The van der Waals surface area contributed by atoms with Gasteiger partial charge >= 0.3 is 5.97 Å². The minimum absolute atomic E-state index is 0.0383. The molecule has 3 N–H and O–H groups in total. The highest BCUT2D eigenvalue weighted by atomic mass is 19.1. The van der Waals surface area contributed by atoms with Crippen LogP contribution in [0, 0.1) is 12.7 Å². The first-order chi connectivity index (χ1) is 18.6. The fourth-order valence-electron chi connectivity index (χ4n) is 4.70. The highest BCUT2D eigenvalue weighted by Gasteiger charge is 2.36. The normalized spacial score (nSPS) is 13.4. The van der Waals surface area contributed by atoms with Gasteiger partial charge in [0.05, 0.1) is 42.2 Å². The number of furan rings is 1. The van der Waals surface area contributed by atoms with Crippen molar-refractivity contribution in [2.75, 3.05) is 22.6 Å². The number of rotatable bonds is 9. The summed E-state index contributed by atoms with van der Waals surface area (Å²) in [6, 6.07) is 9.86. The molecule has 1 amide bonds. The van der Waals surface area contributed by atoms with Gasteiger partial charge in [0.2, 0.25) is 0 Å². The van der Waals surface area contributed by atoms with E-state index in [9.17, 15) is 24.3 Å². The van der Waals surface area contributed by atoms with E-state index in [0.29, 0.717) is 29.3 Å². The number of aromatic carboxylic acids is 1. The number of nitrogens with one attached hydrogen (secondary N) is 2. The summed E-state index contributed by atoms with van der Waals surface area (Å²) in [4.78, 5) is 51.6. The third-order valence-electron chi connectivity index (χ3n) is 6.75. The molecular weight excluding hydrogens is 509 g/mol. The van der Waals surface area contributed by atoms with E-state index < -0.39 is 34.6 Å². The van der Waals surface area contributed by atoms with E-state index in [-0.39, 0.29) is 40.4 Å². The molecule has 0 aliphatic carbocycles. The van der Waals surface area contributed by atoms with Crippen molar-refractivity contribution in [3.8, 4) is 5.75 Å². The van der Waals surface area contributed by atoms with Gasteiger partial charge in [0, 0.05) is 6.07 Å². The molecule has 200 valence electrons. The Kier molecular flexibility index (Phi) is 6.43. The zero-order chi connectivity index (χ0) is 28.0. The molecule has 0 saturated heterocycles. The SMILES string of the molecule is CCC(Nc1c(Nc2c(F)ccc3c2C(=O)N(c2cc(OC)ccc2C(=O)O)C3)c(=O)c1=O)c1ccc(C)o1. The number of hydrogen-bond acceptors (Lipinski definition) is 8. The van der Waals surface area contributed by atoms with E-state index in [1.54, 1.807) is 19.1 Å². The van der Waals surface area contributed by atoms with E-state index in [0.717, 1.165) is 6.07 Å². The Balaban J connectivity index is 1.51. The van der Waals surface area contributed by atoms with Gasteiger partial charge in [-0.25, -0.2) is 9.18 Å². The summed E-state index contributed by atoms with van der Waals surface area (Å²) in [5.74, 6) is -1.16. The van der Waals surface area contributed by atoms with E-state index in [1.165, 1.54) is 36.3 Å². The van der Waals surface area contributed by atoms with Crippen LogP contribution < -0.4 is 31.1 Å². The Bertz CT molecular complexity index is 1700. The summed E-state index contributed by atoms with van der Waals surface area (Å²) in [7, 11) is 1.41. The predicted molar refractivity (Wildman–Crippen MR) is 142 cm³/mol. The second-order valence-electron chi connectivity index (χ2n) is 9.12. The Morgan fingerprint density at radius 1 is 1.10 bits per heavy atom. The monoisotopic (exact) mass is 533 g/mol. The van der Waals surface area contributed by atoms with Gasteiger partial charge in [-0.05, 0) is 49.2 Å². The van der Waals surface area contributed by atoms with E-state index in [1.807, 2.05) is 6.92 Å². The van der Waals surface area contributed by atoms with Crippen LogP contribution in [-0.4, -0.2) is 24.1 Å². The van der Waals surface area contributed by atoms with Crippen LogP contribution in [0.4, 0.5) is 27.1 Å². The van der Waals surface area contributed by atoms with E-state index >= 15 is 4.39 Å². The van der Waals surface area contributed by atoms with E-state index in [2.05, 4.69) is 10.6 Å². The molecule has 39 heavy (non-hydrogen) atoms. The fourth-order valence-corrected chi connectivity index (χ4v) is 4.70. The second-order valence-corrected chi connectivity index (χ2v) is 9.12.